The van der Waals surface area contributed by atoms with Crippen LogP contribution < -0.4 is 10.6 Å². The first-order chi connectivity index (χ1) is 18.8. The van der Waals surface area contributed by atoms with Crippen LogP contribution >= 0.6 is 0 Å². The fourth-order valence-electron chi connectivity index (χ4n) is 3.92. The molecular weight excluding hydrogens is 498 g/mol. The van der Waals surface area contributed by atoms with E-state index in [9.17, 15) is 24.5 Å². The molecule has 0 radical (unpaired) electrons. The van der Waals surface area contributed by atoms with E-state index in [2.05, 4.69) is 15.4 Å². The number of nitro benzene ring substituents is 1. The number of ether oxygens (including phenoxy) is 1. The Bertz CT molecular complexity index is 1470. The van der Waals surface area contributed by atoms with Gasteiger partial charge in [-0.1, -0.05) is 54.6 Å². The zero-order valence-electron chi connectivity index (χ0n) is 21.0. The Kier molecular flexibility index (Phi) is 8.43. The minimum Gasteiger partial charge on any atom is -0.465 e. The summed E-state index contributed by atoms with van der Waals surface area (Å²) in [4.78, 5) is 48.4. The zero-order valence-corrected chi connectivity index (χ0v) is 21.0. The van der Waals surface area contributed by atoms with E-state index in [4.69, 9.17) is 0 Å². The summed E-state index contributed by atoms with van der Waals surface area (Å²) in [6, 6.07) is 27.9. The number of rotatable bonds is 9. The third kappa shape index (κ3) is 6.92. The van der Waals surface area contributed by atoms with Crippen LogP contribution in [0, 0.1) is 10.1 Å². The number of nitrogens with one attached hydrogen (secondary N) is 2. The second-order valence-electron chi connectivity index (χ2n) is 8.66. The maximum atomic E-state index is 13.3. The van der Waals surface area contributed by atoms with Crippen molar-refractivity contribution in [1.29, 1.82) is 0 Å². The lowest BCUT2D eigenvalue weighted by atomic mass is 10.00. The summed E-state index contributed by atoms with van der Waals surface area (Å²) in [7, 11) is 1.27. The summed E-state index contributed by atoms with van der Waals surface area (Å²) >= 11 is 0. The average Bonchev–Trinajstić information content (AvgIpc) is 2.97. The Morgan fingerprint density at radius 2 is 1.38 bits per heavy atom. The normalized spacial score (nSPS) is 11.2. The van der Waals surface area contributed by atoms with Gasteiger partial charge in [0.15, 0.2) is 0 Å². The number of nitrogens with zero attached hydrogens (tertiary/aromatic N) is 1. The number of methoxy groups -OCH3 is 1. The molecule has 39 heavy (non-hydrogen) atoms. The summed E-state index contributed by atoms with van der Waals surface area (Å²) in [6.45, 7) is 0. The van der Waals surface area contributed by atoms with Crippen LogP contribution in [0.4, 0.5) is 11.4 Å². The molecule has 0 saturated carbocycles. The summed E-state index contributed by atoms with van der Waals surface area (Å²) < 4.78 is 4.68. The molecule has 196 valence electrons. The molecule has 0 spiro atoms. The largest absolute Gasteiger partial charge is 0.465 e. The lowest BCUT2D eigenvalue weighted by Gasteiger charge is -2.19. The third-order valence-corrected chi connectivity index (χ3v) is 6.04. The number of hydrogen-bond donors (Lipinski definition) is 2. The quantitative estimate of drug-likeness (QED) is 0.180. The van der Waals surface area contributed by atoms with Gasteiger partial charge in [-0.15, -0.1) is 0 Å². The van der Waals surface area contributed by atoms with Crippen molar-refractivity contribution in [2.45, 2.75) is 12.5 Å². The molecule has 0 aliphatic carbocycles. The lowest BCUT2D eigenvalue weighted by Crippen LogP contribution is -2.45. The molecule has 0 aliphatic heterocycles. The molecular formula is C30H25N3O6. The maximum absolute atomic E-state index is 13.3. The van der Waals surface area contributed by atoms with E-state index in [-0.39, 0.29) is 17.7 Å². The Hall–Kier alpha value is -5.31. The number of carbonyl (C=O) groups excluding carboxylic acids is 3. The first kappa shape index (κ1) is 26.7. The van der Waals surface area contributed by atoms with Gasteiger partial charge in [0.05, 0.1) is 17.6 Å². The van der Waals surface area contributed by atoms with Crippen molar-refractivity contribution in [3.05, 3.63) is 130 Å². The van der Waals surface area contributed by atoms with Crippen LogP contribution in [0.3, 0.4) is 0 Å². The van der Waals surface area contributed by atoms with Gasteiger partial charge in [0.1, 0.15) is 6.04 Å². The molecule has 0 aliphatic rings. The van der Waals surface area contributed by atoms with Crippen molar-refractivity contribution in [3.63, 3.8) is 0 Å². The molecule has 0 aromatic heterocycles. The van der Waals surface area contributed by atoms with Gasteiger partial charge in [-0.3, -0.25) is 19.7 Å². The first-order valence-electron chi connectivity index (χ1n) is 12.0. The predicted molar refractivity (Wildman–Crippen MR) is 146 cm³/mol. The number of nitro groups is 1. The number of anilines is 1. The van der Waals surface area contributed by atoms with Crippen LogP contribution in [-0.2, 0) is 16.0 Å². The van der Waals surface area contributed by atoms with E-state index >= 15 is 0 Å². The Morgan fingerprint density at radius 1 is 0.795 bits per heavy atom. The number of non-ortho nitro benzene ring substituents is 1. The average molecular weight is 524 g/mol. The van der Waals surface area contributed by atoms with Crippen LogP contribution in [-0.4, -0.2) is 35.9 Å². The summed E-state index contributed by atoms with van der Waals surface area (Å²) in [5.41, 5.74) is 3.69. The highest BCUT2D eigenvalue weighted by Crippen LogP contribution is 2.21. The summed E-state index contributed by atoms with van der Waals surface area (Å²) in [5, 5.41) is 16.4. The van der Waals surface area contributed by atoms with Crippen molar-refractivity contribution in [2.24, 2.45) is 0 Å². The maximum Gasteiger partial charge on any atom is 0.337 e. The van der Waals surface area contributed by atoms with E-state index in [0.717, 1.165) is 16.7 Å². The molecule has 2 N–H and O–H groups in total. The van der Waals surface area contributed by atoms with Crippen LogP contribution in [0.25, 0.3) is 11.1 Å². The van der Waals surface area contributed by atoms with Gasteiger partial charge in [0, 0.05) is 29.8 Å². The highest BCUT2D eigenvalue weighted by Gasteiger charge is 2.23. The van der Waals surface area contributed by atoms with Gasteiger partial charge in [0.2, 0.25) is 5.91 Å². The van der Waals surface area contributed by atoms with Gasteiger partial charge in [0.25, 0.3) is 11.6 Å². The molecule has 0 bridgehead atoms. The molecule has 1 atom stereocenters. The SMILES string of the molecule is COC(=O)c1ccc(C(=O)N[C@@H](Cc2ccc(-c3ccccc3)cc2)C(=O)Nc2ccc([N+](=O)[O-])cc2)cc1. The fourth-order valence-corrected chi connectivity index (χ4v) is 3.92. The van der Waals surface area contributed by atoms with Crippen LogP contribution in [0.1, 0.15) is 26.3 Å². The van der Waals surface area contributed by atoms with Crippen molar-refractivity contribution >= 4 is 29.2 Å². The molecule has 0 heterocycles. The van der Waals surface area contributed by atoms with E-state index in [1.807, 2.05) is 54.6 Å². The number of hydrogen-bond acceptors (Lipinski definition) is 6. The Labute approximate surface area is 224 Å². The molecule has 9 nitrogen and oxygen atoms in total. The molecule has 4 rings (SSSR count). The standard InChI is InChI=1S/C30H25N3O6/c1-39-30(36)24-13-11-23(12-14-24)28(34)32-27(29(35)31-25-15-17-26(18-16-25)33(37)38)19-20-7-9-22(10-8-20)21-5-3-2-4-6-21/h2-18,27H,19H2,1H3,(H,31,35)(H,32,34)/t27-/m0/s1. The number of benzene rings is 4. The molecule has 2 amide bonds. The molecule has 0 unspecified atom stereocenters. The van der Waals surface area contributed by atoms with Crippen molar-refractivity contribution in [1.82, 2.24) is 5.32 Å². The monoisotopic (exact) mass is 523 g/mol. The van der Waals surface area contributed by atoms with Crippen molar-refractivity contribution < 1.29 is 24.0 Å². The molecule has 4 aromatic carbocycles. The third-order valence-electron chi connectivity index (χ3n) is 6.04. The minimum absolute atomic E-state index is 0.105. The van der Waals surface area contributed by atoms with Gasteiger partial charge >= 0.3 is 5.97 Å². The smallest absolute Gasteiger partial charge is 0.337 e. The molecule has 0 fully saturated rings. The zero-order chi connectivity index (χ0) is 27.8. The summed E-state index contributed by atoms with van der Waals surface area (Å²) in [6.07, 6.45) is 0.194. The van der Waals surface area contributed by atoms with Gasteiger partial charge in [-0.2, -0.15) is 0 Å². The highest BCUT2D eigenvalue weighted by molar-refractivity contribution is 6.02. The minimum atomic E-state index is -0.962. The Balaban J connectivity index is 1.53. The van der Waals surface area contributed by atoms with Crippen molar-refractivity contribution in [3.8, 4) is 11.1 Å². The first-order valence-corrected chi connectivity index (χ1v) is 12.0. The van der Waals surface area contributed by atoms with E-state index in [1.165, 1.54) is 55.6 Å². The van der Waals surface area contributed by atoms with Crippen LogP contribution in [0.2, 0.25) is 0 Å². The lowest BCUT2D eigenvalue weighted by molar-refractivity contribution is -0.384. The number of carbonyl (C=O) groups is 3. The predicted octanol–water partition coefficient (Wildman–Crippen LogP) is 5.03. The second kappa shape index (κ2) is 12.3. The van der Waals surface area contributed by atoms with Gasteiger partial charge in [-0.25, -0.2) is 4.79 Å². The van der Waals surface area contributed by atoms with Crippen molar-refractivity contribution in [2.75, 3.05) is 12.4 Å². The molecule has 0 saturated heterocycles. The summed E-state index contributed by atoms with van der Waals surface area (Å²) in [5.74, 6) is -1.52. The van der Waals surface area contributed by atoms with E-state index in [1.54, 1.807) is 0 Å². The van der Waals surface area contributed by atoms with Crippen LogP contribution in [0.5, 0.6) is 0 Å². The second-order valence-corrected chi connectivity index (χ2v) is 8.66. The van der Waals surface area contributed by atoms with E-state index < -0.39 is 28.7 Å². The van der Waals surface area contributed by atoms with Crippen LogP contribution in [0.15, 0.2) is 103 Å². The van der Waals surface area contributed by atoms with Gasteiger partial charge < -0.3 is 15.4 Å². The van der Waals surface area contributed by atoms with Gasteiger partial charge in [-0.05, 0) is 53.1 Å². The highest BCUT2D eigenvalue weighted by atomic mass is 16.6. The Morgan fingerprint density at radius 3 is 1.97 bits per heavy atom. The number of amides is 2. The fraction of sp³-hybridized carbons (Fsp3) is 0.100. The topological polar surface area (TPSA) is 128 Å². The molecule has 9 heteroatoms. The number of esters is 1. The molecule has 4 aromatic rings. The van der Waals surface area contributed by atoms with E-state index in [0.29, 0.717) is 11.3 Å².